The zero-order chi connectivity index (χ0) is 15.2. The van der Waals surface area contributed by atoms with Crippen LogP contribution in [0.4, 0.5) is 4.39 Å². The van der Waals surface area contributed by atoms with Crippen LogP contribution in [-0.2, 0) is 17.9 Å². The van der Waals surface area contributed by atoms with Crippen molar-refractivity contribution >= 4 is 21.8 Å². The number of halogens is 2. The Kier molecular flexibility index (Phi) is 5.47. The molecule has 0 aliphatic heterocycles. The molecule has 110 valence electrons. The minimum atomic E-state index is -0.454. The Morgan fingerprint density at radius 3 is 2.71 bits per heavy atom. The van der Waals surface area contributed by atoms with Gasteiger partial charge in [-0.25, -0.2) is 4.39 Å². The van der Waals surface area contributed by atoms with E-state index in [2.05, 4.69) is 21.2 Å². The fraction of sp³-hybridized carbons (Fsp3) is 0.188. The van der Waals surface area contributed by atoms with Crippen LogP contribution in [0.15, 0.2) is 46.9 Å². The number of carbonyl (C=O) groups is 1. The Bertz CT molecular complexity index is 646. The average molecular weight is 352 g/mol. The Morgan fingerprint density at radius 1 is 1.24 bits per heavy atom. The van der Waals surface area contributed by atoms with Crippen molar-refractivity contribution in [1.29, 1.82) is 0 Å². The number of hydrogen-bond donors (Lipinski definition) is 1. The molecular formula is C16H15BrFNO2. The lowest BCUT2D eigenvalue weighted by atomic mass is 10.1. The van der Waals surface area contributed by atoms with Crippen LogP contribution in [0.5, 0.6) is 0 Å². The second-order valence-corrected chi connectivity index (χ2v) is 5.42. The number of ether oxygens (including phenoxy) is 1. The first-order chi connectivity index (χ1) is 10.1. The zero-order valence-corrected chi connectivity index (χ0v) is 13.1. The molecule has 0 fully saturated rings. The highest BCUT2D eigenvalue weighted by Crippen LogP contribution is 2.16. The van der Waals surface area contributed by atoms with Gasteiger partial charge in [-0.3, -0.25) is 4.79 Å². The number of amides is 1. The summed E-state index contributed by atoms with van der Waals surface area (Å²) in [6.45, 7) is 0.910. The first-order valence-electron chi connectivity index (χ1n) is 6.40. The van der Waals surface area contributed by atoms with Crippen LogP contribution in [0.25, 0.3) is 0 Å². The summed E-state index contributed by atoms with van der Waals surface area (Å²) in [6, 6.07) is 12.1. The van der Waals surface area contributed by atoms with Crippen LogP contribution in [0.3, 0.4) is 0 Å². The minimum absolute atomic E-state index is 0.295. The number of nitrogens with one attached hydrogen (secondary N) is 1. The molecule has 0 aliphatic rings. The monoisotopic (exact) mass is 351 g/mol. The Labute approximate surface area is 131 Å². The van der Waals surface area contributed by atoms with E-state index in [1.807, 2.05) is 24.3 Å². The van der Waals surface area contributed by atoms with Crippen LogP contribution < -0.4 is 5.32 Å². The van der Waals surface area contributed by atoms with Gasteiger partial charge in [0.1, 0.15) is 5.82 Å². The lowest BCUT2D eigenvalue weighted by Crippen LogP contribution is -2.23. The molecule has 0 aliphatic carbocycles. The number of methoxy groups -OCH3 is 1. The highest BCUT2D eigenvalue weighted by molar-refractivity contribution is 9.10. The first-order valence-corrected chi connectivity index (χ1v) is 7.19. The van der Waals surface area contributed by atoms with E-state index in [0.717, 1.165) is 11.1 Å². The summed E-state index contributed by atoms with van der Waals surface area (Å²) >= 11 is 3.06. The molecule has 2 aromatic carbocycles. The van der Waals surface area contributed by atoms with Crippen molar-refractivity contribution in [3.63, 3.8) is 0 Å². The smallest absolute Gasteiger partial charge is 0.251 e. The molecule has 0 atom stereocenters. The van der Waals surface area contributed by atoms with Gasteiger partial charge in [-0.05, 0) is 45.3 Å². The molecule has 0 unspecified atom stereocenters. The molecule has 1 N–H and O–H groups in total. The van der Waals surface area contributed by atoms with Crippen LogP contribution >= 0.6 is 15.9 Å². The summed E-state index contributed by atoms with van der Waals surface area (Å²) in [7, 11) is 1.64. The SMILES string of the molecule is COCc1cccc(CNC(=O)c2ccc(Br)c(F)c2)c1. The lowest BCUT2D eigenvalue weighted by Gasteiger charge is -2.07. The third-order valence-electron chi connectivity index (χ3n) is 2.94. The third-order valence-corrected chi connectivity index (χ3v) is 3.58. The van der Waals surface area contributed by atoms with E-state index in [0.29, 0.717) is 23.2 Å². The molecular weight excluding hydrogens is 337 g/mol. The van der Waals surface area contributed by atoms with Crippen molar-refractivity contribution in [1.82, 2.24) is 5.32 Å². The Balaban J connectivity index is 2.00. The fourth-order valence-electron chi connectivity index (χ4n) is 1.92. The van der Waals surface area contributed by atoms with E-state index in [4.69, 9.17) is 4.74 Å². The minimum Gasteiger partial charge on any atom is -0.380 e. The van der Waals surface area contributed by atoms with E-state index in [9.17, 15) is 9.18 Å². The molecule has 1 amide bonds. The topological polar surface area (TPSA) is 38.3 Å². The number of benzene rings is 2. The molecule has 3 nitrogen and oxygen atoms in total. The third kappa shape index (κ3) is 4.37. The van der Waals surface area contributed by atoms with Gasteiger partial charge in [-0.15, -0.1) is 0 Å². The highest BCUT2D eigenvalue weighted by atomic mass is 79.9. The first kappa shape index (κ1) is 15.7. The molecule has 21 heavy (non-hydrogen) atoms. The highest BCUT2D eigenvalue weighted by Gasteiger charge is 2.08. The molecule has 5 heteroatoms. The average Bonchev–Trinajstić information content (AvgIpc) is 2.48. The summed E-state index contributed by atoms with van der Waals surface area (Å²) in [4.78, 5) is 12.0. The van der Waals surface area contributed by atoms with Gasteiger partial charge in [0.15, 0.2) is 0 Å². The van der Waals surface area contributed by atoms with Gasteiger partial charge in [0.2, 0.25) is 0 Å². The fourth-order valence-corrected chi connectivity index (χ4v) is 2.16. The van der Waals surface area contributed by atoms with E-state index >= 15 is 0 Å². The van der Waals surface area contributed by atoms with Crippen molar-refractivity contribution in [2.75, 3.05) is 7.11 Å². The van der Waals surface area contributed by atoms with Gasteiger partial charge in [0.05, 0.1) is 11.1 Å². The molecule has 0 heterocycles. The summed E-state index contributed by atoms with van der Waals surface area (Å²) in [5, 5.41) is 2.77. The molecule has 0 radical (unpaired) electrons. The van der Waals surface area contributed by atoms with E-state index in [-0.39, 0.29) is 5.91 Å². The largest absolute Gasteiger partial charge is 0.380 e. The maximum absolute atomic E-state index is 13.4. The standard InChI is InChI=1S/C16H15BrFNO2/c1-21-10-12-4-2-3-11(7-12)9-19-16(20)13-5-6-14(17)15(18)8-13/h2-8H,9-10H2,1H3,(H,19,20). The molecule has 2 rings (SSSR count). The van der Waals surface area contributed by atoms with Crippen molar-refractivity contribution in [3.05, 3.63) is 69.4 Å². The maximum atomic E-state index is 13.4. The van der Waals surface area contributed by atoms with Gasteiger partial charge in [0.25, 0.3) is 5.91 Å². The molecule has 0 saturated heterocycles. The van der Waals surface area contributed by atoms with Crippen LogP contribution in [0, 0.1) is 5.82 Å². The van der Waals surface area contributed by atoms with Crippen LogP contribution in [0.1, 0.15) is 21.5 Å². The van der Waals surface area contributed by atoms with Crippen LogP contribution in [0.2, 0.25) is 0 Å². The quantitative estimate of drug-likeness (QED) is 0.892. The number of rotatable bonds is 5. The van der Waals surface area contributed by atoms with Crippen molar-refractivity contribution in [2.45, 2.75) is 13.2 Å². The summed E-state index contributed by atoms with van der Waals surface area (Å²) in [5.74, 6) is -0.761. The van der Waals surface area contributed by atoms with E-state index < -0.39 is 5.82 Å². The van der Waals surface area contributed by atoms with Gasteiger partial charge in [0, 0.05) is 19.2 Å². The maximum Gasteiger partial charge on any atom is 0.251 e. The lowest BCUT2D eigenvalue weighted by molar-refractivity contribution is 0.0950. The van der Waals surface area contributed by atoms with Crippen molar-refractivity contribution < 1.29 is 13.9 Å². The van der Waals surface area contributed by atoms with Gasteiger partial charge < -0.3 is 10.1 Å². The second kappa shape index (κ2) is 7.33. The zero-order valence-electron chi connectivity index (χ0n) is 11.5. The molecule has 2 aromatic rings. The summed E-state index contributed by atoms with van der Waals surface area (Å²) in [6.07, 6.45) is 0. The van der Waals surface area contributed by atoms with E-state index in [1.165, 1.54) is 12.1 Å². The normalized spacial score (nSPS) is 10.4. The molecule has 0 spiro atoms. The summed E-state index contributed by atoms with van der Waals surface area (Å²) < 4.78 is 18.8. The predicted octanol–water partition coefficient (Wildman–Crippen LogP) is 3.66. The van der Waals surface area contributed by atoms with Gasteiger partial charge >= 0.3 is 0 Å². The molecule has 0 saturated carbocycles. The van der Waals surface area contributed by atoms with E-state index in [1.54, 1.807) is 13.2 Å². The molecule has 0 aromatic heterocycles. The number of hydrogen-bond acceptors (Lipinski definition) is 2. The summed E-state index contributed by atoms with van der Waals surface area (Å²) in [5.41, 5.74) is 2.30. The number of carbonyl (C=O) groups excluding carboxylic acids is 1. The predicted molar refractivity (Wildman–Crippen MR) is 82.4 cm³/mol. The van der Waals surface area contributed by atoms with Gasteiger partial charge in [-0.2, -0.15) is 0 Å². The van der Waals surface area contributed by atoms with Crippen LogP contribution in [-0.4, -0.2) is 13.0 Å². The van der Waals surface area contributed by atoms with Crippen molar-refractivity contribution in [2.24, 2.45) is 0 Å². The Hall–Kier alpha value is -1.72. The Morgan fingerprint density at radius 2 is 2.00 bits per heavy atom. The second-order valence-electron chi connectivity index (χ2n) is 4.56. The molecule has 0 bridgehead atoms. The van der Waals surface area contributed by atoms with Gasteiger partial charge in [-0.1, -0.05) is 24.3 Å². The van der Waals surface area contributed by atoms with Crippen molar-refractivity contribution in [3.8, 4) is 0 Å².